The summed E-state index contributed by atoms with van der Waals surface area (Å²) in [5.74, 6) is 2.98. The van der Waals surface area contributed by atoms with E-state index in [0.29, 0.717) is 11.8 Å². The molecule has 2 heterocycles. The van der Waals surface area contributed by atoms with Crippen LogP contribution in [0.15, 0.2) is 152 Å². The van der Waals surface area contributed by atoms with Gasteiger partial charge in [-0.15, -0.1) is 0 Å². The Bertz CT molecular complexity index is 1850. The summed E-state index contributed by atoms with van der Waals surface area (Å²) in [5, 5.41) is 0. The molecule has 4 bridgehead atoms. The lowest BCUT2D eigenvalue weighted by Gasteiger charge is -2.62. The van der Waals surface area contributed by atoms with Crippen LogP contribution in [0.3, 0.4) is 0 Å². The average Bonchev–Trinajstić information content (AvgIpc) is 3.14. The molecule has 4 aliphatic carbocycles. The summed E-state index contributed by atoms with van der Waals surface area (Å²) < 4.78 is 0. The zero-order valence-electron chi connectivity index (χ0n) is 26.6. The number of nitrogens with zero attached hydrogens (tertiary/aromatic N) is 3. The maximum absolute atomic E-state index is 4.82. The Morgan fingerprint density at radius 2 is 0.915 bits per heavy atom. The second-order valence-electron chi connectivity index (χ2n) is 14.0. The molecule has 0 spiro atoms. The highest BCUT2D eigenvalue weighted by Crippen LogP contribution is 2.65. The fraction of sp³-hybridized carbons (Fsp3) is 0.227. The Labute approximate surface area is 278 Å². The fourth-order valence-corrected chi connectivity index (χ4v) is 9.75. The summed E-state index contributed by atoms with van der Waals surface area (Å²) >= 11 is 0. The first-order valence-corrected chi connectivity index (χ1v) is 17.2. The van der Waals surface area contributed by atoms with Gasteiger partial charge in [0.1, 0.15) is 0 Å². The maximum atomic E-state index is 4.82. The van der Waals surface area contributed by atoms with Crippen molar-refractivity contribution in [3.8, 4) is 22.5 Å². The van der Waals surface area contributed by atoms with Gasteiger partial charge in [0.25, 0.3) is 0 Å². The molecular formula is C44H39N3. The molecule has 4 aromatic carbocycles. The standard InChI is InChI=1S/C44H39N3/c1-3-11-39(12-4-1)47(40-13-5-2-6-14-40)41-19-17-35(18-20-41)44(36-24-31-23-32(26-36)27-37(44)25-31)38-29-33(42-15-7-9-21-45-42)28-34(30-38)43-16-8-10-22-46-43/h1-22,28-32,36-37H,23-27H2. The average molecular weight is 610 g/mol. The van der Waals surface area contributed by atoms with Gasteiger partial charge in [0, 0.05) is 46.0 Å². The minimum absolute atomic E-state index is 0.0510. The number of anilines is 3. The molecule has 0 unspecified atom stereocenters. The zero-order valence-corrected chi connectivity index (χ0v) is 26.6. The number of pyridine rings is 2. The number of hydrogen-bond acceptors (Lipinski definition) is 3. The number of rotatable bonds is 7. The van der Waals surface area contributed by atoms with Gasteiger partial charge in [-0.05, 0) is 146 Å². The van der Waals surface area contributed by atoms with Gasteiger partial charge >= 0.3 is 0 Å². The van der Waals surface area contributed by atoms with Crippen LogP contribution in [0.1, 0.15) is 43.2 Å². The largest absolute Gasteiger partial charge is 0.311 e. The van der Waals surface area contributed by atoms with Crippen molar-refractivity contribution < 1.29 is 0 Å². The molecule has 0 N–H and O–H groups in total. The van der Waals surface area contributed by atoms with Crippen molar-refractivity contribution >= 4 is 17.1 Å². The monoisotopic (exact) mass is 609 g/mol. The third kappa shape index (κ3) is 4.88. The number of benzene rings is 4. The topological polar surface area (TPSA) is 29.0 Å². The van der Waals surface area contributed by atoms with E-state index in [1.807, 2.05) is 24.5 Å². The minimum atomic E-state index is -0.0510. The van der Waals surface area contributed by atoms with Crippen molar-refractivity contribution in [3.05, 3.63) is 163 Å². The molecule has 0 amide bonds. The Morgan fingerprint density at radius 3 is 1.38 bits per heavy atom. The molecule has 4 saturated carbocycles. The van der Waals surface area contributed by atoms with Crippen LogP contribution in [0.5, 0.6) is 0 Å². The van der Waals surface area contributed by atoms with Crippen molar-refractivity contribution in [2.75, 3.05) is 4.90 Å². The fourth-order valence-electron chi connectivity index (χ4n) is 9.75. The van der Waals surface area contributed by atoms with Gasteiger partial charge < -0.3 is 4.90 Å². The summed E-state index contributed by atoms with van der Waals surface area (Å²) in [6.07, 6.45) is 10.5. The van der Waals surface area contributed by atoms with Crippen molar-refractivity contribution in [1.29, 1.82) is 0 Å². The van der Waals surface area contributed by atoms with Gasteiger partial charge in [-0.2, -0.15) is 0 Å². The highest BCUT2D eigenvalue weighted by Gasteiger charge is 2.58. The van der Waals surface area contributed by atoms with Crippen LogP contribution in [-0.2, 0) is 5.41 Å². The zero-order chi connectivity index (χ0) is 31.2. The van der Waals surface area contributed by atoms with Crippen LogP contribution in [0.4, 0.5) is 17.1 Å². The highest BCUT2D eigenvalue weighted by atomic mass is 15.1. The van der Waals surface area contributed by atoms with E-state index < -0.39 is 0 Å². The van der Waals surface area contributed by atoms with Crippen molar-refractivity contribution in [1.82, 2.24) is 9.97 Å². The Kier molecular flexibility index (Phi) is 7.00. The van der Waals surface area contributed by atoms with E-state index >= 15 is 0 Å². The number of aromatic nitrogens is 2. The van der Waals surface area contributed by atoms with Crippen molar-refractivity contribution in [2.45, 2.75) is 37.5 Å². The summed E-state index contributed by atoms with van der Waals surface area (Å²) in [6, 6.07) is 50.8. The second-order valence-corrected chi connectivity index (χ2v) is 14.0. The van der Waals surface area contributed by atoms with Gasteiger partial charge in [0.15, 0.2) is 0 Å². The minimum Gasteiger partial charge on any atom is -0.311 e. The van der Waals surface area contributed by atoms with Gasteiger partial charge in [-0.1, -0.05) is 60.7 Å². The van der Waals surface area contributed by atoms with Gasteiger partial charge in [-0.25, -0.2) is 0 Å². The summed E-state index contributed by atoms with van der Waals surface area (Å²) in [6.45, 7) is 0. The highest BCUT2D eigenvalue weighted by molar-refractivity contribution is 5.77. The molecule has 10 rings (SSSR count). The number of para-hydroxylation sites is 2. The molecular weight excluding hydrogens is 571 g/mol. The Morgan fingerprint density at radius 1 is 0.447 bits per heavy atom. The molecule has 0 aliphatic heterocycles. The Balaban J connectivity index is 1.23. The first kappa shape index (κ1) is 28.2. The molecule has 3 heteroatoms. The molecule has 0 atom stereocenters. The summed E-state index contributed by atoms with van der Waals surface area (Å²) in [5.41, 5.74) is 10.7. The number of hydrogen-bond donors (Lipinski definition) is 0. The van der Waals surface area contributed by atoms with E-state index in [1.165, 1.54) is 71.4 Å². The molecule has 0 radical (unpaired) electrons. The first-order chi connectivity index (χ1) is 23.3. The molecule has 230 valence electrons. The summed E-state index contributed by atoms with van der Waals surface area (Å²) in [7, 11) is 0. The third-order valence-corrected chi connectivity index (χ3v) is 11.4. The first-order valence-electron chi connectivity index (χ1n) is 17.2. The normalized spacial score (nSPS) is 24.3. The lowest BCUT2D eigenvalue weighted by Crippen LogP contribution is -2.56. The van der Waals surface area contributed by atoms with E-state index in [1.54, 1.807) is 0 Å². The van der Waals surface area contributed by atoms with Gasteiger partial charge in [0.2, 0.25) is 0 Å². The molecule has 2 aromatic heterocycles. The van der Waals surface area contributed by atoms with E-state index in [-0.39, 0.29) is 5.41 Å². The van der Waals surface area contributed by atoms with Crippen LogP contribution < -0.4 is 4.90 Å². The summed E-state index contributed by atoms with van der Waals surface area (Å²) in [4.78, 5) is 12.0. The van der Waals surface area contributed by atoms with Gasteiger partial charge in [-0.3, -0.25) is 9.97 Å². The SMILES string of the molecule is c1ccc(N(c2ccccc2)c2ccc(C3(c4cc(-c5ccccn5)cc(-c5ccccn5)c4)C4CC5CC(C4)CC3C5)cc2)cc1. The van der Waals surface area contributed by atoms with Crippen molar-refractivity contribution in [2.24, 2.45) is 23.7 Å². The van der Waals surface area contributed by atoms with E-state index in [2.05, 4.69) is 132 Å². The molecule has 6 aromatic rings. The predicted octanol–water partition coefficient (Wildman–Crippen LogP) is 11.0. The lowest BCUT2D eigenvalue weighted by molar-refractivity contribution is -0.0417. The van der Waals surface area contributed by atoms with Crippen LogP contribution >= 0.6 is 0 Å². The van der Waals surface area contributed by atoms with Crippen LogP contribution in [0.2, 0.25) is 0 Å². The third-order valence-electron chi connectivity index (χ3n) is 11.4. The molecule has 3 nitrogen and oxygen atoms in total. The second kappa shape index (κ2) is 11.7. The predicted molar refractivity (Wildman–Crippen MR) is 192 cm³/mol. The van der Waals surface area contributed by atoms with E-state index in [0.717, 1.165) is 23.2 Å². The Hall–Kier alpha value is -5.02. The van der Waals surface area contributed by atoms with E-state index in [9.17, 15) is 0 Å². The maximum Gasteiger partial charge on any atom is 0.0702 e. The van der Waals surface area contributed by atoms with Gasteiger partial charge in [0.05, 0.1) is 11.4 Å². The lowest BCUT2D eigenvalue weighted by atomic mass is 9.42. The molecule has 4 fully saturated rings. The smallest absolute Gasteiger partial charge is 0.0702 e. The van der Waals surface area contributed by atoms with Crippen LogP contribution in [-0.4, -0.2) is 9.97 Å². The molecule has 0 saturated heterocycles. The van der Waals surface area contributed by atoms with Crippen LogP contribution in [0, 0.1) is 23.7 Å². The quantitative estimate of drug-likeness (QED) is 0.180. The van der Waals surface area contributed by atoms with Crippen LogP contribution in [0.25, 0.3) is 22.5 Å². The molecule has 47 heavy (non-hydrogen) atoms. The van der Waals surface area contributed by atoms with E-state index in [4.69, 9.17) is 9.97 Å². The molecule has 4 aliphatic rings. The van der Waals surface area contributed by atoms with Crippen molar-refractivity contribution in [3.63, 3.8) is 0 Å².